The molecule has 0 atom stereocenters. The standard InChI is InChI=1S/C17H11F6N3O3/c1-28-11-6-7-26-14(27)12(13(17(21,22)23)25-15(26)24-11)9-2-4-10(5-3-9)29-8-16(18,19)20/h2-7H,8H2,1H3/i1D3. The van der Waals surface area contributed by atoms with Gasteiger partial charge in [-0.2, -0.15) is 31.3 Å². The summed E-state index contributed by atoms with van der Waals surface area (Å²) in [6.45, 7) is -1.60. The number of hydrogen-bond acceptors (Lipinski definition) is 5. The van der Waals surface area contributed by atoms with Crippen LogP contribution in [0.15, 0.2) is 41.3 Å². The highest BCUT2D eigenvalue weighted by Crippen LogP contribution is 2.34. The molecule has 6 nitrogen and oxygen atoms in total. The minimum atomic E-state index is -5.11. The fraction of sp³-hybridized carbons (Fsp3) is 0.235. The Morgan fingerprint density at radius 2 is 1.76 bits per heavy atom. The Labute approximate surface area is 162 Å². The number of methoxy groups -OCH3 is 1. The fourth-order valence-electron chi connectivity index (χ4n) is 2.41. The van der Waals surface area contributed by atoms with Crippen molar-refractivity contribution in [3.8, 4) is 22.8 Å². The minimum Gasteiger partial charge on any atom is -0.484 e. The average molecular weight is 422 g/mol. The predicted octanol–water partition coefficient (Wildman–Crippen LogP) is 3.73. The monoisotopic (exact) mass is 422 g/mol. The SMILES string of the molecule is [2H]C([2H])([2H])Oc1ccn2c(=O)c(-c3ccc(OCC(F)(F)F)cc3)c(C(F)(F)F)nc2n1. The van der Waals surface area contributed by atoms with Crippen LogP contribution in [0.5, 0.6) is 11.6 Å². The first-order chi connectivity index (χ1) is 14.6. The van der Waals surface area contributed by atoms with Crippen molar-refractivity contribution in [3.05, 3.63) is 52.6 Å². The van der Waals surface area contributed by atoms with E-state index < -0.39 is 54.5 Å². The van der Waals surface area contributed by atoms with Crippen molar-refractivity contribution < 1.29 is 39.9 Å². The summed E-state index contributed by atoms with van der Waals surface area (Å²) >= 11 is 0. The van der Waals surface area contributed by atoms with E-state index in [1.165, 1.54) is 0 Å². The lowest BCUT2D eigenvalue weighted by atomic mass is 10.0. The van der Waals surface area contributed by atoms with Gasteiger partial charge in [0.05, 0.1) is 16.7 Å². The van der Waals surface area contributed by atoms with E-state index in [0.717, 1.165) is 36.5 Å². The molecule has 1 aromatic carbocycles. The summed E-state index contributed by atoms with van der Waals surface area (Å²) in [6, 6.07) is 4.85. The van der Waals surface area contributed by atoms with Crippen molar-refractivity contribution in [1.82, 2.24) is 14.4 Å². The Morgan fingerprint density at radius 3 is 2.34 bits per heavy atom. The van der Waals surface area contributed by atoms with Crippen LogP contribution in [0.3, 0.4) is 0 Å². The van der Waals surface area contributed by atoms with Gasteiger partial charge in [0.1, 0.15) is 5.75 Å². The van der Waals surface area contributed by atoms with Crippen molar-refractivity contribution in [2.45, 2.75) is 12.4 Å². The highest BCUT2D eigenvalue weighted by molar-refractivity contribution is 5.67. The summed E-state index contributed by atoms with van der Waals surface area (Å²) in [6.07, 6.45) is -8.79. The van der Waals surface area contributed by atoms with Crippen LogP contribution >= 0.6 is 0 Å². The molecule has 0 aliphatic rings. The highest BCUT2D eigenvalue weighted by atomic mass is 19.4. The number of rotatable bonds is 4. The molecule has 0 aliphatic heterocycles. The van der Waals surface area contributed by atoms with Crippen LogP contribution in [-0.4, -0.2) is 34.2 Å². The number of ether oxygens (including phenoxy) is 2. The van der Waals surface area contributed by atoms with Crippen LogP contribution in [0.1, 0.15) is 9.81 Å². The first-order valence-corrected chi connectivity index (χ1v) is 7.64. The van der Waals surface area contributed by atoms with Gasteiger partial charge in [0.25, 0.3) is 5.56 Å². The van der Waals surface area contributed by atoms with Gasteiger partial charge < -0.3 is 9.47 Å². The van der Waals surface area contributed by atoms with E-state index in [2.05, 4.69) is 19.4 Å². The second-order valence-electron chi connectivity index (χ2n) is 5.60. The van der Waals surface area contributed by atoms with Gasteiger partial charge in [0.15, 0.2) is 12.3 Å². The molecule has 12 heteroatoms. The predicted molar refractivity (Wildman–Crippen MR) is 87.8 cm³/mol. The van der Waals surface area contributed by atoms with Crippen LogP contribution in [0, 0.1) is 0 Å². The molecule has 0 bridgehead atoms. The smallest absolute Gasteiger partial charge is 0.434 e. The van der Waals surface area contributed by atoms with E-state index in [9.17, 15) is 31.1 Å². The Kier molecular flexibility index (Phi) is 4.16. The van der Waals surface area contributed by atoms with E-state index in [4.69, 9.17) is 4.11 Å². The maximum absolute atomic E-state index is 13.6. The van der Waals surface area contributed by atoms with Crippen LogP contribution < -0.4 is 15.0 Å². The molecule has 0 aliphatic carbocycles. The Balaban J connectivity index is 2.11. The molecule has 154 valence electrons. The lowest BCUT2D eigenvalue weighted by molar-refractivity contribution is -0.153. The van der Waals surface area contributed by atoms with Crippen molar-refractivity contribution >= 4 is 5.78 Å². The van der Waals surface area contributed by atoms with Gasteiger partial charge in [-0.05, 0) is 17.7 Å². The molecule has 29 heavy (non-hydrogen) atoms. The molecule has 0 saturated heterocycles. The van der Waals surface area contributed by atoms with Gasteiger partial charge in [0, 0.05) is 12.3 Å². The fourth-order valence-corrected chi connectivity index (χ4v) is 2.41. The van der Waals surface area contributed by atoms with Crippen molar-refractivity contribution in [2.24, 2.45) is 0 Å². The third-order valence-electron chi connectivity index (χ3n) is 3.59. The number of halogens is 6. The maximum Gasteiger partial charge on any atom is 0.434 e. The molecule has 0 N–H and O–H groups in total. The molecular weight excluding hydrogens is 408 g/mol. The molecule has 0 amide bonds. The zero-order valence-electron chi connectivity index (χ0n) is 17.0. The van der Waals surface area contributed by atoms with Crippen molar-refractivity contribution in [1.29, 1.82) is 0 Å². The number of hydrogen-bond donors (Lipinski definition) is 0. The van der Waals surface area contributed by atoms with E-state index >= 15 is 0 Å². The summed E-state index contributed by atoms with van der Waals surface area (Å²) in [4.78, 5) is 19.7. The third kappa shape index (κ3) is 4.41. The van der Waals surface area contributed by atoms with Gasteiger partial charge in [-0.1, -0.05) is 12.1 Å². The lowest BCUT2D eigenvalue weighted by Crippen LogP contribution is -2.24. The molecule has 2 heterocycles. The second-order valence-corrected chi connectivity index (χ2v) is 5.60. The van der Waals surface area contributed by atoms with E-state index in [1.807, 2.05) is 0 Å². The summed E-state index contributed by atoms with van der Waals surface area (Å²) in [7, 11) is -2.94. The van der Waals surface area contributed by atoms with E-state index in [0.29, 0.717) is 4.40 Å². The molecule has 0 saturated carbocycles. The number of fused-ring (bicyclic) bond motifs is 1. The van der Waals surface area contributed by atoms with Crippen LogP contribution in [0.4, 0.5) is 26.3 Å². The van der Waals surface area contributed by atoms with Crippen LogP contribution in [-0.2, 0) is 6.18 Å². The summed E-state index contributed by atoms with van der Waals surface area (Å²) in [5.41, 5.74) is -3.99. The lowest BCUT2D eigenvalue weighted by Gasteiger charge is -2.14. The summed E-state index contributed by atoms with van der Waals surface area (Å²) < 4.78 is 108. The maximum atomic E-state index is 13.6. The van der Waals surface area contributed by atoms with Gasteiger partial charge in [-0.15, -0.1) is 0 Å². The van der Waals surface area contributed by atoms with Crippen LogP contribution in [0.2, 0.25) is 0 Å². The van der Waals surface area contributed by atoms with Crippen molar-refractivity contribution in [2.75, 3.05) is 13.6 Å². The molecular formula is C17H11F6N3O3. The highest BCUT2D eigenvalue weighted by Gasteiger charge is 2.38. The first-order valence-electron chi connectivity index (χ1n) is 9.14. The first kappa shape index (κ1) is 16.6. The zero-order chi connectivity index (χ0) is 23.9. The Bertz CT molecular complexity index is 1190. The minimum absolute atomic E-state index is 0.276. The van der Waals surface area contributed by atoms with Crippen molar-refractivity contribution in [3.63, 3.8) is 0 Å². The van der Waals surface area contributed by atoms with Gasteiger partial charge in [-0.25, -0.2) is 4.98 Å². The van der Waals surface area contributed by atoms with Gasteiger partial charge >= 0.3 is 12.4 Å². The normalized spacial score (nSPS) is 14.2. The molecule has 0 spiro atoms. The average Bonchev–Trinajstić information content (AvgIpc) is 2.64. The number of alkyl halides is 6. The molecule has 0 unspecified atom stereocenters. The third-order valence-corrected chi connectivity index (χ3v) is 3.59. The van der Waals surface area contributed by atoms with E-state index in [1.54, 1.807) is 0 Å². The number of aromatic nitrogens is 3. The Morgan fingerprint density at radius 1 is 1.07 bits per heavy atom. The number of nitrogens with zero attached hydrogens (tertiary/aromatic N) is 3. The van der Waals surface area contributed by atoms with Crippen LogP contribution in [0.25, 0.3) is 16.9 Å². The van der Waals surface area contributed by atoms with Gasteiger partial charge in [-0.3, -0.25) is 9.20 Å². The molecule has 3 aromatic rings. The second kappa shape index (κ2) is 7.26. The van der Waals surface area contributed by atoms with Gasteiger partial charge in [0.2, 0.25) is 11.7 Å². The molecule has 3 rings (SSSR count). The van der Waals surface area contributed by atoms with E-state index in [-0.39, 0.29) is 11.3 Å². The summed E-state index contributed by atoms with van der Waals surface area (Å²) in [5.74, 6) is -1.62. The molecule has 2 aromatic heterocycles. The zero-order valence-corrected chi connectivity index (χ0v) is 14.0. The Hall–Kier alpha value is -3.31. The largest absolute Gasteiger partial charge is 0.484 e. The quantitative estimate of drug-likeness (QED) is 0.600. The number of benzene rings is 1. The molecule has 0 radical (unpaired) electrons. The molecule has 0 fully saturated rings. The topological polar surface area (TPSA) is 65.7 Å². The summed E-state index contributed by atoms with van der Waals surface area (Å²) in [5, 5.41) is 0.